The third-order valence-electron chi connectivity index (χ3n) is 10.4. The zero-order chi connectivity index (χ0) is 38.5. The molecule has 282 valence electrons. The number of aromatic nitrogens is 2. The van der Waals surface area contributed by atoms with Crippen LogP contribution in [0.15, 0.2) is 125 Å². The summed E-state index contributed by atoms with van der Waals surface area (Å²) in [6.07, 6.45) is 0.231. The number of fused-ring (bicyclic) bond motifs is 3. The Morgan fingerprint density at radius 3 is 1.91 bits per heavy atom. The van der Waals surface area contributed by atoms with E-state index in [-0.39, 0.29) is 37.5 Å². The van der Waals surface area contributed by atoms with Gasteiger partial charge in [-0.15, -0.1) is 0 Å². The van der Waals surface area contributed by atoms with E-state index < -0.39 is 60.1 Å². The van der Waals surface area contributed by atoms with Gasteiger partial charge in [-0.1, -0.05) is 109 Å². The second-order valence-corrected chi connectivity index (χ2v) is 14.1. The number of aliphatic hydroxyl groups is 1. The van der Waals surface area contributed by atoms with E-state index in [1.807, 2.05) is 97.1 Å². The van der Waals surface area contributed by atoms with Crippen molar-refractivity contribution in [3.8, 4) is 11.1 Å². The Labute approximate surface area is 317 Å². The topological polar surface area (TPSA) is 172 Å². The van der Waals surface area contributed by atoms with Crippen LogP contribution in [-0.4, -0.2) is 63.2 Å². The predicted molar refractivity (Wildman–Crippen MR) is 206 cm³/mol. The molecule has 2 unspecified atom stereocenters. The van der Waals surface area contributed by atoms with E-state index in [1.54, 1.807) is 6.92 Å². The van der Waals surface area contributed by atoms with Gasteiger partial charge in [0.05, 0.1) is 12.6 Å². The first-order chi connectivity index (χ1) is 26.7. The number of aryl methyl sites for hydroxylation is 1. The Morgan fingerprint density at radius 2 is 1.33 bits per heavy atom. The number of rotatable bonds is 13. The zero-order valence-electron chi connectivity index (χ0n) is 30.3. The quantitative estimate of drug-likeness (QED) is 0.123. The number of benzene rings is 4. The monoisotopic (exact) mass is 741 g/mol. The van der Waals surface area contributed by atoms with E-state index in [4.69, 9.17) is 4.74 Å². The highest BCUT2D eigenvalue weighted by molar-refractivity contribution is 5.93. The van der Waals surface area contributed by atoms with Gasteiger partial charge < -0.3 is 25.8 Å². The van der Waals surface area contributed by atoms with E-state index >= 15 is 0 Å². The third-order valence-corrected chi connectivity index (χ3v) is 10.4. The number of H-pyrrole nitrogens is 1. The second kappa shape index (κ2) is 16.5. The van der Waals surface area contributed by atoms with Crippen LogP contribution in [0.5, 0.6) is 0 Å². The molecule has 2 heterocycles. The van der Waals surface area contributed by atoms with Gasteiger partial charge in [-0.2, -0.15) is 0 Å². The minimum Gasteiger partial charge on any atom is -0.394 e. The number of carbonyl (C=O) groups excluding carboxylic acids is 3. The van der Waals surface area contributed by atoms with Crippen molar-refractivity contribution in [1.82, 2.24) is 25.5 Å². The third kappa shape index (κ3) is 8.35. The van der Waals surface area contributed by atoms with Gasteiger partial charge in [-0.05, 0) is 40.3 Å². The van der Waals surface area contributed by atoms with Crippen LogP contribution in [0.2, 0.25) is 0 Å². The first kappa shape index (κ1) is 37.2. The molecule has 1 saturated heterocycles. The number of amides is 3. The summed E-state index contributed by atoms with van der Waals surface area (Å²) in [7, 11) is 0. The smallest absolute Gasteiger partial charge is 0.330 e. The lowest BCUT2D eigenvalue weighted by molar-refractivity contribution is -0.132. The summed E-state index contributed by atoms with van der Waals surface area (Å²) in [4.78, 5) is 69.1. The van der Waals surface area contributed by atoms with Crippen molar-refractivity contribution in [2.45, 2.75) is 69.0 Å². The van der Waals surface area contributed by atoms with Gasteiger partial charge in [0.15, 0.2) is 0 Å². The second-order valence-electron chi connectivity index (χ2n) is 14.1. The van der Waals surface area contributed by atoms with Crippen LogP contribution >= 0.6 is 0 Å². The summed E-state index contributed by atoms with van der Waals surface area (Å²) >= 11 is 0. The largest absolute Gasteiger partial charge is 0.394 e. The number of nitrogens with zero attached hydrogens (tertiary/aromatic N) is 1. The van der Waals surface area contributed by atoms with Crippen LogP contribution in [0.4, 0.5) is 0 Å². The summed E-state index contributed by atoms with van der Waals surface area (Å²) < 4.78 is 7.18. The van der Waals surface area contributed by atoms with E-state index in [2.05, 4.69) is 33.1 Å². The highest BCUT2D eigenvalue weighted by Crippen LogP contribution is 2.46. The molecule has 0 bridgehead atoms. The molecule has 5 aromatic rings. The van der Waals surface area contributed by atoms with Gasteiger partial charge in [0.2, 0.25) is 17.7 Å². The summed E-state index contributed by atoms with van der Waals surface area (Å²) in [6.45, 7) is 1.11. The van der Waals surface area contributed by atoms with Crippen LogP contribution in [0.25, 0.3) is 11.1 Å². The van der Waals surface area contributed by atoms with E-state index in [1.165, 1.54) is 10.8 Å². The lowest BCUT2D eigenvalue weighted by Crippen LogP contribution is -2.57. The van der Waals surface area contributed by atoms with Crippen molar-refractivity contribution in [3.63, 3.8) is 0 Å². The Kier molecular flexibility index (Phi) is 11.2. The molecule has 5 N–H and O–H groups in total. The highest BCUT2D eigenvalue weighted by Gasteiger charge is 2.39. The van der Waals surface area contributed by atoms with E-state index in [0.29, 0.717) is 5.56 Å². The van der Waals surface area contributed by atoms with Gasteiger partial charge in [-0.3, -0.25) is 28.7 Å². The molecule has 4 aromatic carbocycles. The van der Waals surface area contributed by atoms with Gasteiger partial charge in [-0.25, -0.2) is 4.79 Å². The van der Waals surface area contributed by atoms with Gasteiger partial charge in [0.25, 0.3) is 5.56 Å². The molecular weight excluding hydrogens is 699 g/mol. The molecule has 55 heavy (non-hydrogen) atoms. The summed E-state index contributed by atoms with van der Waals surface area (Å²) in [5.74, 6) is -1.55. The lowest BCUT2D eigenvalue weighted by Gasteiger charge is -2.26. The maximum Gasteiger partial charge on any atom is 0.330 e. The average Bonchev–Trinajstić information content (AvgIpc) is 3.74. The van der Waals surface area contributed by atoms with Gasteiger partial charge >= 0.3 is 5.69 Å². The predicted octanol–water partition coefficient (Wildman–Crippen LogP) is 3.27. The van der Waals surface area contributed by atoms with Crippen molar-refractivity contribution in [1.29, 1.82) is 0 Å². The number of ether oxygens (including phenoxy) is 1. The average molecular weight is 742 g/mol. The maximum absolute atomic E-state index is 14.3. The van der Waals surface area contributed by atoms with Crippen molar-refractivity contribution in [2.24, 2.45) is 0 Å². The van der Waals surface area contributed by atoms with Gasteiger partial charge in [0, 0.05) is 43.4 Å². The van der Waals surface area contributed by atoms with Crippen LogP contribution < -0.4 is 27.2 Å². The standard InChI is InChI=1S/C43H43N5O7/c1-26-24-48(43(54)47-40(26)51)39-23-34(37(25-49)55-39)45-42(53)36(21-28-14-6-3-7-15-28)46-41(52)35(20-27-12-4-2-5-13-27)44-38(50)22-33-31-18-10-8-16-29(31)30-17-9-11-19-32(30)33/h2-19,24,33-37,39,49H,20-23,25H2,1H3,(H,44,50)(H,45,53)(H,46,52)(H,47,51,54)/t34-,35?,36?,37+,39+/m0/s1. The van der Waals surface area contributed by atoms with Crippen LogP contribution in [0, 0.1) is 6.92 Å². The molecule has 5 atom stereocenters. The molecule has 1 aliphatic carbocycles. The molecule has 1 fully saturated rings. The Balaban J connectivity index is 1.11. The molecular formula is C43H43N5O7. The fourth-order valence-corrected chi connectivity index (χ4v) is 7.61. The summed E-state index contributed by atoms with van der Waals surface area (Å²) in [5, 5.41) is 19.0. The Morgan fingerprint density at radius 1 is 0.782 bits per heavy atom. The molecule has 0 saturated carbocycles. The minimum atomic E-state index is -1.07. The van der Waals surface area contributed by atoms with Crippen LogP contribution in [0.1, 0.15) is 52.8 Å². The molecule has 1 aromatic heterocycles. The van der Waals surface area contributed by atoms with Crippen molar-refractivity contribution < 1.29 is 24.2 Å². The Hall–Kier alpha value is -6.11. The van der Waals surface area contributed by atoms with Crippen molar-refractivity contribution in [2.75, 3.05) is 6.61 Å². The van der Waals surface area contributed by atoms with E-state index in [9.17, 15) is 29.1 Å². The molecule has 12 heteroatoms. The number of nitrogens with one attached hydrogen (secondary N) is 4. The summed E-state index contributed by atoms with van der Waals surface area (Å²) in [6, 6.07) is 31.9. The normalized spacial score (nSPS) is 18.5. The SMILES string of the molecule is Cc1cn([C@H]2C[C@H](NC(=O)C(Cc3ccccc3)NC(=O)C(Cc3ccccc3)NC(=O)CC3c4ccccc4-c4ccccc43)[C@@H](CO)O2)c(=O)[nH]c1=O. The number of hydrogen-bond acceptors (Lipinski definition) is 7. The first-order valence-corrected chi connectivity index (χ1v) is 18.4. The zero-order valence-corrected chi connectivity index (χ0v) is 30.3. The molecule has 1 aliphatic heterocycles. The Bertz CT molecular complexity index is 2240. The number of aromatic amines is 1. The van der Waals surface area contributed by atoms with Gasteiger partial charge in [0.1, 0.15) is 24.4 Å². The molecule has 2 aliphatic rings. The number of hydrogen-bond donors (Lipinski definition) is 5. The first-order valence-electron chi connectivity index (χ1n) is 18.4. The van der Waals surface area contributed by atoms with E-state index in [0.717, 1.165) is 33.4 Å². The van der Waals surface area contributed by atoms with Crippen LogP contribution in [0.3, 0.4) is 0 Å². The molecule has 12 nitrogen and oxygen atoms in total. The molecule has 0 spiro atoms. The van der Waals surface area contributed by atoms with Crippen molar-refractivity contribution >= 4 is 17.7 Å². The lowest BCUT2D eigenvalue weighted by atomic mass is 9.93. The van der Waals surface area contributed by atoms with Crippen molar-refractivity contribution in [3.05, 3.63) is 164 Å². The van der Waals surface area contributed by atoms with Crippen LogP contribution in [-0.2, 0) is 32.0 Å². The minimum absolute atomic E-state index is 0.120. The number of carbonyl (C=O) groups is 3. The maximum atomic E-state index is 14.3. The fraction of sp³-hybridized carbons (Fsp3) is 0.279. The highest BCUT2D eigenvalue weighted by atomic mass is 16.5. The molecule has 0 radical (unpaired) electrons. The summed E-state index contributed by atoms with van der Waals surface area (Å²) in [5.41, 5.74) is 5.03. The molecule has 3 amide bonds. The number of aliphatic hydroxyl groups excluding tert-OH is 1. The molecule has 7 rings (SSSR count). The fourth-order valence-electron chi connectivity index (χ4n) is 7.61.